The largest absolute Gasteiger partial charge is 0.358 e. The van der Waals surface area contributed by atoms with Gasteiger partial charge in [0.25, 0.3) is 0 Å². The van der Waals surface area contributed by atoms with Crippen molar-refractivity contribution < 1.29 is 4.74 Å². The molecule has 34 heavy (non-hydrogen) atoms. The molecule has 0 spiro atoms. The molecule has 5 nitrogen and oxygen atoms in total. The van der Waals surface area contributed by atoms with E-state index >= 15 is 0 Å². The Morgan fingerprint density at radius 2 is 1.47 bits per heavy atom. The molecule has 1 aliphatic rings. The highest BCUT2D eigenvalue weighted by atomic mass is 35.5. The Bertz CT molecular complexity index is 1460. The summed E-state index contributed by atoms with van der Waals surface area (Å²) < 4.78 is 8.02. The third kappa shape index (κ3) is 4.82. The molecule has 1 fully saturated rings. The van der Waals surface area contributed by atoms with Gasteiger partial charge in [0.05, 0.1) is 0 Å². The van der Waals surface area contributed by atoms with Crippen LogP contribution < -0.4 is 0 Å². The second-order valence-electron chi connectivity index (χ2n) is 8.37. The van der Waals surface area contributed by atoms with Crippen LogP contribution in [0.15, 0.2) is 48.5 Å². The third-order valence-corrected chi connectivity index (χ3v) is 5.94. The second-order valence-corrected chi connectivity index (χ2v) is 8.73. The first kappa shape index (κ1) is 22.2. The van der Waals surface area contributed by atoms with Crippen molar-refractivity contribution in [3.8, 4) is 23.7 Å². The van der Waals surface area contributed by atoms with Crippen molar-refractivity contribution in [2.24, 2.45) is 0 Å². The molecule has 0 radical (unpaired) electrons. The highest BCUT2D eigenvalue weighted by molar-refractivity contribution is 6.33. The molecular formula is C28H23ClN4O. The summed E-state index contributed by atoms with van der Waals surface area (Å²) in [7, 11) is 0. The molecule has 2 aromatic heterocycles. The Balaban J connectivity index is 1.60. The van der Waals surface area contributed by atoms with Crippen LogP contribution in [0.5, 0.6) is 0 Å². The second kappa shape index (κ2) is 9.69. The number of halogens is 1. The van der Waals surface area contributed by atoms with Crippen LogP contribution in [-0.2, 0) is 4.74 Å². The fourth-order valence-electron chi connectivity index (χ4n) is 3.81. The zero-order valence-electron chi connectivity index (χ0n) is 19.1. The topological polar surface area (TPSA) is 52.8 Å². The maximum absolute atomic E-state index is 6.54. The number of fused-ring (bicyclic) bond motifs is 1. The molecule has 0 N–H and O–H groups in total. The minimum absolute atomic E-state index is 0.204. The predicted molar refractivity (Wildman–Crippen MR) is 133 cm³/mol. The smallest absolute Gasteiger partial charge is 0.208 e. The summed E-state index contributed by atoms with van der Waals surface area (Å²) in [6, 6.07) is 16.1. The van der Waals surface area contributed by atoms with Crippen LogP contribution in [0.2, 0.25) is 5.15 Å². The number of aryl methyl sites for hydroxylation is 2. The maximum atomic E-state index is 6.54. The normalized spacial score (nSPS) is 15.3. The number of imidazole rings is 1. The Hall–Kier alpha value is -3.64. The summed E-state index contributed by atoms with van der Waals surface area (Å²) in [6.45, 7) is 4.78. The van der Waals surface area contributed by atoms with E-state index in [4.69, 9.17) is 26.3 Å². The lowest BCUT2D eigenvalue weighted by molar-refractivity contribution is -0.0302. The van der Waals surface area contributed by atoms with Crippen molar-refractivity contribution in [2.45, 2.75) is 39.3 Å². The first-order chi connectivity index (χ1) is 16.6. The van der Waals surface area contributed by atoms with E-state index in [-0.39, 0.29) is 11.4 Å². The third-order valence-electron chi connectivity index (χ3n) is 5.68. The van der Waals surface area contributed by atoms with Gasteiger partial charge in [-0.1, -0.05) is 58.8 Å². The summed E-state index contributed by atoms with van der Waals surface area (Å²) in [5.41, 5.74) is 5.27. The lowest BCUT2D eigenvalue weighted by Crippen LogP contribution is -2.20. The zero-order valence-corrected chi connectivity index (χ0v) is 19.9. The van der Waals surface area contributed by atoms with Crippen LogP contribution in [0.1, 0.15) is 59.4 Å². The van der Waals surface area contributed by atoms with E-state index in [1.807, 2.05) is 60.0 Å². The predicted octanol–water partition coefficient (Wildman–Crippen LogP) is 5.60. The standard InChI is InChI=1S/C28H23ClN4O/c1-19-6-10-21(11-7-19)14-16-23-30-27(29)26-28(31-23)33(25-5-3-4-18-34-25)24(32-26)17-15-22-12-8-20(2)9-13-22/h6-13,25H,3-5,18H2,1-2H3. The highest BCUT2D eigenvalue weighted by Gasteiger charge is 2.24. The summed E-state index contributed by atoms with van der Waals surface area (Å²) >= 11 is 6.54. The van der Waals surface area contributed by atoms with Crippen molar-refractivity contribution in [2.75, 3.05) is 6.61 Å². The minimum Gasteiger partial charge on any atom is -0.358 e. The zero-order chi connectivity index (χ0) is 23.5. The van der Waals surface area contributed by atoms with E-state index in [9.17, 15) is 0 Å². The van der Waals surface area contributed by atoms with Gasteiger partial charge in [-0.25, -0.2) is 15.0 Å². The highest BCUT2D eigenvalue weighted by Crippen LogP contribution is 2.30. The van der Waals surface area contributed by atoms with E-state index < -0.39 is 0 Å². The van der Waals surface area contributed by atoms with E-state index in [0.29, 0.717) is 29.4 Å². The molecule has 1 atom stereocenters. The number of hydrogen-bond acceptors (Lipinski definition) is 4. The van der Waals surface area contributed by atoms with Crippen LogP contribution >= 0.6 is 11.6 Å². The van der Waals surface area contributed by atoms with Crippen LogP contribution in [0, 0.1) is 37.5 Å². The molecule has 3 heterocycles. The average Bonchev–Trinajstić information content (AvgIpc) is 3.23. The van der Waals surface area contributed by atoms with E-state index in [1.165, 1.54) is 11.1 Å². The number of hydrogen-bond donors (Lipinski definition) is 0. The summed E-state index contributed by atoms with van der Waals surface area (Å²) in [5, 5.41) is 0.256. The first-order valence-corrected chi connectivity index (χ1v) is 11.7. The van der Waals surface area contributed by atoms with Crippen molar-refractivity contribution in [3.63, 3.8) is 0 Å². The van der Waals surface area contributed by atoms with Gasteiger partial charge in [0.2, 0.25) is 5.82 Å². The quantitative estimate of drug-likeness (QED) is 0.271. The van der Waals surface area contributed by atoms with E-state index in [0.717, 1.165) is 30.4 Å². The average molecular weight is 467 g/mol. The summed E-state index contributed by atoms with van der Waals surface area (Å²) in [6.07, 6.45) is 2.76. The number of nitrogens with zero attached hydrogens (tertiary/aromatic N) is 4. The van der Waals surface area contributed by atoms with Gasteiger partial charge >= 0.3 is 0 Å². The SMILES string of the molecule is Cc1ccc(C#Cc2nc(Cl)c3nc(C#Cc4ccc(C)cc4)n(C4CCCCO4)c3n2)cc1. The Morgan fingerprint density at radius 1 is 0.824 bits per heavy atom. The minimum atomic E-state index is -0.204. The summed E-state index contributed by atoms with van der Waals surface area (Å²) in [5.74, 6) is 13.5. The van der Waals surface area contributed by atoms with Gasteiger partial charge < -0.3 is 4.74 Å². The van der Waals surface area contributed by atoms with Gasteiger partial charge in [0.15, 0.2) is 16.6 Å². The van der Waals surface area contributed by atoms with Gasteiger partial charge in [-0.15, -0.1) is 0 Å². The Kier molecular flexibility index (Phi) is 6.32. The molecule has 6 heteroatoms. The lowest BCUT2D eigenvalue weighted by atomic mass is 10.1. The van der Waals surface area contributed by atoms with Gasteiger partial charge in [-0.3, -0.25) is 4.57 Å². The fourth-order valence-corrected chi connectivity index (χ4v) is 4.02. The van der Waals surface area contributed by atoms with Gasteiger partial charge in [-0.2, -0.15) is 0 Å². The molecule has 4 aromatic rings. The fraction of sp³-hybridized carbons (Fsp3) is 0.250. The molecule has 0 amide bonds. The Morgan fingerprint density at radius 3 is 2.09 bits per heavy atom. The number of ether oxygens (including phenoxy) is 1. The Labute approximate surface area is 204 Å². The summed E-state index contributed by atoms with van der Waals surface area (Å²) in [4.78, 5) is 13.8. The van der Waals surface area contributed by atoms with Crippen LogP contribution in [-0.4, -0.2) is 26.1 Å². The molecule has 1 aliphatic heterocycles. The van der Waals surface area contributed by atoms with Crippen LogP contribution in [0.25, 0.3) is 11.2 Å². The van der Waals surface area contributed by atoms with Crippen molar-refractivity contribution in [1.29, 1.82) is 0 Å². The number of benzene rings is 2. The van der Waals surface area contributed by atoms with Gasteiger partial charge in [0.1, 0.15) is 11.7 Å². The monoisotopic (exact) mass is 466 g/mol. The van der Waals surface area contributed by atoms with Crippen molar-refractivity contribution in [3.05, 3.63) is 87.6 Å². The maximum Gasteiger partial charge on any atom is 0.208 e. The van der Waals surface area contributed by atoms with Gasteiger partial charge in [0, 0.05) is 17.7 Å². The number of rotatable bonds is 1. The molecule has 168 valence electrons. The molecule has 0 aliphatic carbocycles. The van der Waals surface area contributed by atoms with E-state index in [1.54, 1.807) is 0 Å². The molecular weight excluding hydrogens is 444 g/mol. The molecule has 2 aromatic carbocycles. The molecule has 1 saturated heterocycles. The molecule has 1 unspecified atom stereocenters. The first-order valence-electron chi connectivity index (χ1n) is 11.3. The lowest BCUT2D eigenvalue weighted by Gasteiger charge is -2.24. The molecule has 0 saturated carbocycles. The number of aromatic nitrogens is 4. The molecule has 5 rings (SSSR count). The van der Waals surface area contributed by atoms with Crippen molar-refractivity contribution in [1.82, 2.24) is 19.5 Å². The van der Waals surface area contributed by atoms with Crippen LogP contribution in [0.4, 0.5) is 0 Å². The van der Waals surface area contributed by atoms with E-state index in [2.05, 4.69) is 35.6 Å². The van der Waals surface area contributed by atoms with Crippen LogP contribution in [0.3, 0.4) is 0 Å². The van der Waals surface area contributed by atoms with Gasteiger partial charge in [-0.05, 0) is 69.2 Å². The van der Waals surface area contributed by atoms with Crippen molar-refractivity contribution >= 4 is 22.8 Å². The molecule has 0 bridgehead atoms.